The molecule has 0 aliphatic carbocycles. The predicted molar refractivity (Wildman–Crippen MR) is 118 cm³/mol. The highest BCUT2D eigenvalue weighted by atomic mass is 16.5. The van der Waals surface area contributed by atoms with Crippen molar-refractivity contribution in [3.05, 3.63) is 59.8 Å². The molecule has 1 saturated heterocycles. The summed E-state index contributed by atoms with van der Waals surface area (Å²) in [5.74, 6) is 2.23. The third-order valence-electron chi connectivity index (χ3n) is 6.27. The number of ether oxygens (including phenoxy) is 2. The van der Waals surface area contributed by atoms with Gasteiger partial charge in [0.2, 0.25) is 0 Å². The molecule has 0 bridgehead atoms. The second-order valence-corrected chi connectivity index (χ2v) is 8.19. The van der Waals surface area contributed by atoms with E-state index in [1.807, 2.05) is 18.2 Å². The van der Waals surface area contributed by atoms with E-state index in [2.05, 4.69) is 66.0 Å². The largest absolute Gasteiger partial charge is 0.496 e. The maximum Gasteiger partial charge on any atom is 0.127 e. The fraction of sp³-hybridized carbons (Fsp3) is 0.417. The van der Waals surface area contributed by atoms with Crippen molar-refractivity contribution in [2.75, 3.05) is 41.4 Å². The quantitative estimate of drug-likeness (QED) is 0.638. The molecule has 29 heavy (non-hydrogen) atoms. The monoisotopic (exact) mass is 393 g/mol. The third kappa shape index (κ3) is 3.61. The lowest BCUT2D eigenvalue weighted by atomic mass is 9.93. The Kier molecular flexibility index (Phi) is 5.52. The zero-order valence-corrected chi connectivity index (χ0v) is 18.1. The molecule has 0 unspecified atom stereocenters. The van der Waals surface area contributed by atoms with E-state index in [0.29, 0.717) is 12.0 Å². The molecule has 1 aliphatic rings. The summed E-state index contributed by atoms with van der Waals surface area (Å²) >= 11 is 0. The van der Waals surface area contributed by atoms with Gasteiger partial charge in [0.05, 0.1) is 19.8 Å². The second-order valence-electron chi connectivity index (χ2n) is 8.19. The third-order valence-corrected chi connectivity index (χ3v) is 6.27. The van der Waals surface area contributed by atoms with Gasteiger partial charge in [0.1, 0.15) is 11.5 Å². The van der Waals surface area contributed by atoms with Gasteiger partial charge in [-0.1, -0.05) is 24.3 Å². The fourth-order valence-corrected chi connectivity index (χ4v) is 4.80. The molecule has 1 aromatic heterocycles. The minimum absolute atomic E-state index is 0.455. The van der Waals surface area contributed by atoms with Crippen LogP contribution in [-0.4, -0.2) is 61.8 Å². The van der Waals surface area contributed by atoms with Crippen molar-refractivity contribution in [1.29, 1.82) is 0 Å². The van der Waals surface area contributed by atoms with Crippen molar-refractivity contribution in [3.63, 3.8) is 0 Å². The molecule has 2 atom stereocenters. The van der Waals surface area contributed by atoms with Gasteiger partial charge in [0.15, 0.2) is 0 Å². The van der Waals surface area contributed by atoms with E-state index in [4.69, 9.17) is 9.47 Å². The van der Waals surface area contributed by atoms with Gasteiger partial charge >= 0.3 is 0 Å². The summed E-state index contributed by atoms with van der Waals surface area (Å²) in [5.41, 5.74) is 3.86. The van der Waals surface area contributed by atoms with Crippen LogP contribution in [0.3, 0.4) is 0 Å². The molecule has 5 heteroatoms. The summed E-state index contributed by atoms with van der Waals surface area (Å²) in [5, 5.41) is 1.36. The number of hydrogen-bond acceptors (Lipinski definition) is 4. The van der Waals surface area contributed by atoms with Crippen molar-refractivity contribution in [2.24, 2.45) is 7.05 Å². The first kappa shape index (κ1) is 19.8. The van der Waals surface area contributed by atoms with Crippen LogP contribution in [0.5, 0.6) is 11.5 Å². The smallest absolute Gasteiger partial charge is 0.127 e. The standard InChI is InChI=1S/C24H31N3O2/c1-25(2)22-16-27(15-20-23(28-4)11-8-12-24(20)29-5)14-19(22)18-13-26(3)21-10-7-6-9-17(18)21/h6-13,19,22H,14-16H2,1-5H3/t19-,22+/m0/s1. The molecular formula is C24H31N3O2. The van der Waals surface area contributed by atoms with Crippen LogP contribution in [-0.2, 0) is 13.6 Å². The van der Waals surface area contributed by atoms with E-state index in [1.165, 1.54) is 16.5 Å². The number of fused-ring (bicyclic) bond motifs is 1. The van der Waals surface area contributed by atoms with Crippen molar-refractivity contribution in [1.82, 2.24) is 14.4 Å². The number of likely N-dealkylation sites (tertiary alicyclic amines) is 1. The number of likely N-dealkylation sites (N-methyl/N-ethyl adjacent to an activating group) is 1. The molecule has 0 spiro atoms. The molecular weight excluding hydrogens is 362 g/mol. The van der Waals surface area contributed by atoms with E-state index >= 15 is 0 Å². The first-order valence-electron chi connectivity index (χ1n) is 10.2. The van der Waals surface area contributed by atoms with Crippen LogP contribution in [0.2, 0.25) is 0 Å². The Hall–Kier alpha value is -2.50. The number of aromatic nitrogens is 1. The molecule has 0 amide bonds. The lowest BCUT2D eigenvalue weighted by Crippen LogP contribution is -2.34. The maximum absolute atomic E-state index is 5.62. The minimum atomic E-state index is 0.455. The van der Waals surface area contributed by atoms with Crippen LogP contribution < -0.4 is 9.47 Å². The topological polar surface area (TPSA) is 29.9 Å². The van der Waals surface area contributed by atoms with E-state index in [1.54, 1.807) is 14.2 Å². The van der Waals surface area contributed by atoms with Crippen molar-refractivity contribution < 1.29 is 9.47 Å². The fourth-order valence-electron chi connectivity index (χ4n) is 4.80. The zero-order valence-electron chi connectivity index (χ0n) is 18.1. The predicted octanol–water partition coefficient (Wildman–Crippen LogP) is 3.73. The highest BCUT2D eigenvalue weighted by Gasteiger charge is 2.37. The first-order valence-corrected chi connectivity index (χ1v) is 10.2. The molecule has 3 aromatic rings. The molecule has 0 saturated carbocycles. The van der Waals surface area contributed by atoms with Gasteiger partial charge in [-0.2, -0.15) is 0 Å². The van der Waals surface area contributed by atoms with Gasteiger partial charge in [-0.3, -0.25) is 4.90 Å². The Labute approximate surface area is 173 Å². The van der Waals surface area contributed by atoms with Gasteiger partial charge in [-0.05, 0) is 37.9 Å². The Morgan fingerprint density at radius 2 is 1.66 bits per heavy atom. The summed E-state index contributed by atoms with van der Waals surface area (Å²) in [4.78, 5) is 4.89. The van der Waals surface area contributed by atoms with Crippen molar-refractivity contribution in [3.8, 4) is 11.5 Å². The summed E-state index contributed by atoms with van der Waals surface area (Å²) in [7, 11) is 9.97. The lowest BCUT2D eigenvalue weighted by molar-refractivity contribution is 0.255. The molecule has 4 rings (SSSR count). The highest BCUT2D eigenvalue weighted by Crippen LogP contribution is 2.38. The number of hydrogen-bond donors (Lipinski definition) is 0. The van der Waals surface area contributed by atoms with E-state index in [0.717, 1.165) is 36.7 Å². The summed E-state index contributed by atoms with van der Waals surface area (Å²) in [6.45, 7) is 2.85. The summed E-state index contributed by atoms with van der Waals surface area (Å²) < 4.78 is 13.5. The highest BCUT2D eigenvalue weighted by molar-refractivity contribution is 5.84. The molecule has 154 valence electrons. The minimum Gasteiger partial charge on any atom is -0.496 e. The number of methoxy groups -OCH3 is 2. The van der Waals surface area contributed by atoms with Crippen molar-refractivity contribution >= 4 is 10.9 Å². The molecule has 1 aliphatic heterocycles. The van der Waals surface area contributed by atoms with Crippen LogP contribution in [0.15, 0.2) is 48.7 Å². The SMILES string of the molecule is COc1cccc(OC)c1CN1C[C@@H](N(C)C)[C@H](c2cn(C)c3ccccc23)C1. The number of rotatable bonds is 6. The summed E-state index contributed by atoms with van der Waals surface area (Å²) in [6, 6.07) is 15.2. The van der Waals surface area contributed by atoms with Crippen LogP contribution >= 0.6 is 0 Å². The molecule has 1 fully saturated rings. The Bertz CT molecular complexity index is 973. The number of para-hydroxylation sites is 1. The number of benzene rings is 2. The second kappa shape index (κ2) is 8.09. The molecule has 5 nitrogen and oxygen atoms in total. The number of nitrogens with zero attached hydrogens (tertiary/aromatic N) is 3. The Balaban J connectivity index is 1.66. The first-order chi connectivity index (χ1) is 14.0. The Morgan fingerprint density at radius 1 is 0.966 bits per heavy atom. The van der Waals surface area contributed by atoms with Crippen LogP contribution in [0.4, 0.5) is 0 Å². The van der Waals surface area contributed by atoms with Gasteiger partial charge < -0.3 is 18.9 Å². The zero-order chi connectivity index (χ0) is 20.5. The average molecular weight is 394 g/mol. The Morgan fingerprint density at radius 3 is 2.31 bits per heavy atom. The van der Waals surface area contributed by atoms with E-state index < -0.39 is 0 Å². The van der Waals surface area contributed by atoms with Gasteiger partial charge in [0.25, 0.3) is 0 Å². The molecule has 0 N–H and O–H groups in total. The molecule has 2 aromatic carbocycles. The van der Waals surface area contributed by atoms with Gasteiger partial charge in [0, 0.05) is 55.7 Å². The normalized spacial score (nSPS) is 19.9. The van der Waals surface area contributed by atoms with Crippen LogP contribution in [0.1, 0.15) is 17.0 Å². The number of aryl methyl sites for hydroxylation is 1. The average Bonchev–Trinajstić information content (AvgIpc) is 3.30. The molecule has 2 heterocycles. The lowest BCUT2D eigenvalue weighted by Gasteiger charge is -2.25. The summed E-state index contributed by atoms with van der Waals surface area (Å²) in [6.07, 6.45) is 2.32. The maximum atomic E-state index is 5.62. The van der Waals surface area contributed by atoms with Gasteiger partial charge in [-0.25, -0.2) is 0 Å². The molecule has 0 radical (unpaired) electrons. The van der Waals surface area contributed by atoms with Crippen molar-refractivity contribution in [2.45, 2.75) is 18.5 Å². The van der Waals surface area contributed by atoms with Crippen LogP contribution in [0.25, 0.3) is 10.9 Å². The van der Waals surface area contributed by atoms with Gasteiger partial charge in [-0.15, -0.1) is 0 Å². The van der Waals surface area contributed by atoms with E-state index in [-0.39, 0.29) is 0 Å². The van der Waals surface area contributed by atoms with Crippen LogP contribution in [0, 0.1) is 0 Å². The van der Waals surface area contributed by atoms with E-state index in [9.17, 15) is 0 Å².